The Balaban J connectivity index is 2.14. The molecule has 0 radical (unpaired) electrons. The Kier molecular flexibility index (Phi) is 6.13. The first-order valence-corrected chi connectivity index (χ1v) is 10.8. The van der Waals surface area contributed by atoms with Crippen LogP contribution in [0.1, 0.15) is 27.4 Å². The van der Waals surface area contributed by atoms with Crippen LogP contribution in [0.2, 0.25) is 0 Å². The number of nitrogens with zero attached hydrogens (tertiary/aromatic N) is 2. The molecule has 9 nitrogen and oxygen atoms in total. The SMILES string of the molecule is COC(=O)C1=C(C(=O)OC)N(c2c(Br)ccc3c2C(=O)OC3)C(N)=C(C#N)C1c1ccccc1. The Hall–Kier alpha value is -4.10. The number of benzene rings is 2. The summed E-state index contributed by atoms with van der Waals surface area (Å²) in [5.74, 6) is -3.54. The number of nitrogens with two attached hydrogens (primary N) is 1. The zero-order valence-corrected chi connectivity index (χ0v) is 19.7. The van der Waals surface area contributed by atoms with Crippen LogP contribution in [0.4, 0.5) is 5.69 Å². The van der Waals surface area contributed by atoms with Gasteiger partial charge in [0.15, 0.2) is 0 Å². The van der Waals surface area contributed by atoms with Crippen LogP contribution in [0.3, 0.4) is 0 Å². The fraction of sp³-hybridized carbons (Fsp3) is 0.167. The summed E-state index contributed by atoms with van der Waals surface area (Å²) >= 11 is 3.41. The normalized spacial score (nSPS) is 17.2. The molecule has 2 aliphatic rings. The summed E-state index contributed by atoms with van der Waals surface area (Å²) in [6.07, 6.45) is 0. The number of cyclic esters (lactones) is 1. The first-order valence-electron chi connectivity index (χ1n) is 9.99. The summed E-state index contributed by atoms with van der Waals surface area (Å²) < 4.78 is 15.6. The summed E-state index contributed by atoms with van der Waals surface area (Å²) in [6.45, 7) is 0.0325. The average molecular weight is 524 g/mol. The molecule has 34 heavy (non-hydrogen) atoms. The number of halogens is 1. The minimum Gasteiger partial charge on any atom is -0.466 e. The number of anilines is 1. The summed E-state index contributed by atoms with van der Waals surface area (Å²) in [5, 5.41) is 10.1. The Morgan fingerprint density at radius 3 is 2.44 bits per heavy atom. The van der Waals surface area contributed by atoms with Gasteiger partial charge in [0.2, 0.25) is 0 Å². The van der Waals surface area contributed by atoms with E-state index >= 15 is 0 Å². The van der Waals surface area contributed by atoms with E-state index in [1.165, 1.54) is 4.90 Å². The van der Waals surface area contributed by atoms with Crippen molar-refractivity contribution >= 4 is 39.5 Å². The standard InChI is InChI=1S/C24H18BrN3O6/c1-32-22(29)18-16(12-6-4-3-5-7-12)14(10-26)21(27)28(20(18)24(31)33-2)19-15(25)9-8-13-11-34-23(30)17(13)19/h3-9,16H,11,27H2,1-2H3. The average Bonchev–Trinajstić information content (AvgIpc) is 3.23. The Morgan fingerprint density at radius 1 is 1.15 bits per heavy atom. The van der Waals surface area contributed by atoms with Crippen molar-refractivity contribution in [3.8, 4) is 6.07 Å². The number of hydrogen-bond acceptors (Lipinski definition) is 9. The number of esters is 3. The molecule has 2 aromatic rings. The van der Waals surface area contributed by atoms with Gasteiger partial charge < -0.3 is 19.9 Å². The lowest BCUT2D eigenvalue weighted by atomic mass is 9.80. The van der Waals surface area contributed by atoms with Crippen LogP contribution in [-0.4, -0.2) is 32.1 Å². The van der Waals surface area contributed by atoms with Crippen LogP contribution in [0.5, 0.6) is 0 Å². The molecule has 2 aromatic carbocycles. The molecule has 0 fully saturated rings. The number of carbonyl (C=O) groups excluding carboxylic acids is 3. The van der Waals surface area contributed by atoms with Gasteiger partial charge in [0, 0.05) is 10.0 Å². The molecule has 4 rings (SSSR count). The Bertz CT molecular complexity index is 1330. The molecule has 0 saturated heterocycles. The van der Waals surface area contributed by atoms with Gasteiger partial charge in [-0.25, -0.2) is 14.4 Å². The molecule has 0 amide bonds. The lowest BCUT2D eigenvalue weighted by Crippen LogP contribution is -2.41. The molecule has 0 spiro atoms. The highest BCUT2D eigenvalue weighted by Gasteiger charge is 2.45. The number of fused-ring (bicyclic) bond motifs is 1. The maximum absolute atomic E-state index is 13.2. The van der Waals surface area contributed by atoms with Crippen LogP contribution in [0.25, 0.3) is 0 Å². The molecular weight excluding hydrogens is 506 g/mol. The molecule has 0 bridgehead atoms. The topological polar surface area (TPSA) is 132 Å². The van der Waals surface area contributed by atoms with E-state index in [4.69, 9.17) is 19.9 Å². The van der Waals surface area contributed by atoms with Gasteiger partial charge in [0.1, 0.15) is 18.1 Å². The van der Waals surface area contributed by atoms with E-state index in [1.54, 1.807) is 42.5 Å². The molecule has 2 aliphatic heterocycles. The summed E-state index contributed by atoms with van der Waals surface area (Å²) in [6, 6.07) is 14.1. The fourth-order valence-corrected chi connectivity index (χ4v) is 4.64. The Morgan fingerprint density at radius 2 is 1.82 bits per heavy atom. The van der Waals surface area contributed by atoms with E-state index in [9.17, 15) is 19.6 Å². The summed E-state index contributed by atoms with van der Waals surface area (Å²) in [4.78, 5) is 40.1. The van der Waals surface area contributed by atoms with E-state index < -0.39 is 23.8 Å². The number of nitriles is 1. The largest absolute Gasteiger partial charge is 0.466 e. The van der Waals surface area contributed by atoms with Gasteiger partial charge in [0.25, 0.3) is 0 Å². The number of carbonyl (C=O) groups is 3. The Labute approximate surface area is 203 Å². The highest BCUT2D eigenvalue weighted by Crippen LogP contribution is 2.47. The van der Waals surface area contributed by atoms with Crippen molar-refractivity contribution < 1.29 is 28.6 Å². The zero-order chi connectivity index (χ0) is 24.6. The molecule has 2 N–H and O–H groups in total. The van der Waals surface area contributed by atoms with Crippen LogP contribution in [0, 0.1) is 11.3 Å². The number of ether oxygens (including phenoxy) is 3. The van der Waals surface area contributed by atoms with Crippen molar-refractivity contribution in [3.63, 3.8) is 0 Å². The first kappa shape index (κ1) is 23.1. The number of rotatable bonds is 4. The molecule has 0 aliphatic carbocycles. The summed E-state index contributed by atoms with van der Waals surface area (Å²) in [7, 11) is 2.32. The monoisotopic (exact) mass is 523 g/mol. The van der Waals surface area contributed by atoms with E-state index in [0.717, 1.165) is 14.2 Å². The molecule has 0 aromatic heterocycles. The molecule has 172 valence electrons. The molecule has 1 unspecified atom stereocenters. The third-order valence-corrected chi connectivity index (χ3v) is 6.25. The van der Waals surface area contributed by atoms with Crippen LogP contribution >= 0.6 is 15.9 Å². The van der Waals surface area contributed by atoms with Crippen molar-refractivity contribution in [2.45, 2.75) is 12.5 Å². The van der Waals surface area contributed by atoms with E-state index in [2.05, 4.69) is 22.0 Å². The second-order valence-electron chi connectivity index (χ2n) is 7.34. The third kappa shape index (κ3) is 3.50. The van der Waals surface area contributed by atoms with Crippen molar-refractivity contribution in [2.75, 3.05) is 19.1 Å². The number of allylic oxidation sites excluding steroid dienone is 1. The van der Waals surface area contributed by atoms with Gasteiger partial charge in [0.05, 0.1) is 48.6 Å². The third-order valence-electron chi connectivity index (χ3n) is 5.61. The van der Waals surface area contributed by atoms with E-state index in [0.29, 0.717) is 15.6 Å². The van der Waals surface area contributed by atoms with Crippen LogP contribution in [-0.2, 0) is 30.4 Å². The molecule has 0 saturated carbocycles. The quantitative estimate of drug-likeness (QED) is 0.474. The van der Waals surface area contributed by atoms with E-state index in [-0.39, 0.29) is 40.5 Å². The van der Waals surface area contributed by atoms with Crippen molar-refractivity contribution in [2.24, 2.45) is 5.73 Å². The van der Waals surface area contributed by atoms with E-state index in [1.807, 2.05) is 0 Å². The van der Waals surface area contributed by atoms with Gasteiger partial charge >= 0.3 is 17.9 Å². The zero-order valence-electron chi connectivity index (χ0n) is 18.1. The molecule has 2 heterocycles. The van der Waals surface area contributed by atoms with Gasteiger partial charge in [-0.3, -0.25) is 4.90 Å². The number of hydrogen-bond donors (Lipinski definition) is 1. The smallest absolute Gasteiger partial charge is 0.355 e. The second kappa shape index (κ2) is 9.03. The maximum Gasteiger partial charge on any atom is 0.355 e. The van der Waals surface area contributed by atoms with Crippen molar-refractivity contribution in [1.29, 1.82) is 5.26 Å². The second-order valence-corrected chi connectivity index (χ2v) is 8.20. The summed E-state index contributed by atoms with van der Waals surface area (Å²) in [5.41, 5.74) is 7.48. The number of methoxy groups -OCH3 is 2. The van der Waals surface area contributed by atoms with Crippen LogP contribution < -0.4 is 10.6 Å². The minimum absolute atomic E-state index is 0.00452. The predicted octanol–water partition coefficient (Wildman–Crippen LogP) is 3.02. The lowest BCUT2D eigenvalue weighted by molar-refractivity contribution is -0.139. The minimum atomic E-state index is -1.01. The van der Waals surface area contributed by atoms with Gasteiger partial charge in [-0.2, -0.15) is 5.26 Å². The maximum atomic E-state index is 13.2. The van der Waals surface area contributed by atoms with Gasteiger partial charge in [-0.15, -0.1) is 0 Å². The van der Waals surface area contributed by atoms with Crippen molar-refractivity contribution in [1.82, 2.24) is 0 Å². The lowest BCUT2D eigenvalue weighted by Gasteiger charge is -2.36. The van der Waals surface area contributed by atoms with Crippen molar-refractivity contribution in [3.05, 3.63) is 86.3 Å². The predicted molar refractivity (Wildman–Crippen MR) is 123 cm³/mol. The fourth-order valence-electron chi connectivity index (χ4n) is 4.14. The first-order chi connectivity index (χ1) is 16.3. The molecular formula is C24H18BrN3O6. The molecule has 10 heteroatoms. The molecule has 1 atom stereocenters. The highest BCUT2D eigenvalue weighted by atomic mass is 79.9. The van der Waals surface area contributed by atoms with Crippen LogP contribution in [0.15, 0.2) is 69.6 Å². The highest BCUT2D eigenvalue weighted by molar-refractivity contribution is 9.10. The van der Waals surface area contributed by atoms with Gasteiger partial charge in [-0.1, -0.05) is 36.4 Å². The van der Waals surface area contributed by atoms with Gasteiger partial charge in [-0.05, 0) is 27.6 Å².